The molecule has 0 bridgehead atoms. The quantitative estimate of drug-likeness (QED) is 0.528. The summed E-state index contributed by atoms with van der Waals surface area (Å²) in [4.78, 5) is 24.0. The Morgan fingerprint density at radius 2 is 1.83 bits per heavy atom. The van der Waals surface area contributed by atoms with Gasteiger partial charge in [0.2, 0.25) is 5.43 Å². The topological polar surface area (TPSA) is 81.7 Å². The van der Waals surface area contributed by atoms with E-state index in [1.165, 1.54) is 12.3 Å². The largest absolute Gasteiger partial charge is 0.503 e. The molecule has 29 heavy (non-hydrogen) atoms. The molecule has 1 N–H and O–H groups in total. The highest BCUT2D eigenvalue weighted by Crippen LogP contribution is 2.22. The Hall–Kier alpha value is -3.80. The van der Waals surface area contributed by atoms with Crippen molar-refractivity contribution >= 4 is 11.0 Å². The van der Waals surface area contributed by atoms with Crippen LogP contribution >= 0.6 is 0 Å². The van der Waals surface area contributed by atoms with Crippen LogP contribution in [0.2, 0.25) is 0 Å². The number of hydrogen-bond donors (Lipinski definition) is 1. The molecule has 0 unspecified atom stereocenters. The van der Waals surface area contributed by atoms with E-state index in [0.717, 1.165) is 10.9 Å². The number of aromatic nitrogens is 1. The van der Waals surface area contributed by atoms with Crippen LogP contribution < -0.4 is 15.8 Å². The SMILES string of the molecule is Cc1cc(=O)c(O)cn1Cc1cc2ccc(OCc3ccccc3)cc2oc1=O. The predicted octanol–water partition coefficient (Wildman–Crippen LogP) is 3.60. The minimum Gasteiger partial charge on any atom is -0.503 e. The van der Waals surface area contributed by atoms with Crippen LogP contribution in [0.25, 0.3) is 11.0 Å². The van der Waals surface area contributed by atoms with Crippen LogP contribution in [0.3, 0.4) is 0 Å². The molecule has 0 fully saturated rings. The van der Waals surface area contributed by atoms with Gasteiger partial charge in [0.1, 0.15) is 17.9 Å². The van der Waals surface area contributed by atoms with E-state index >= 15 is 0 Å². The zero-order valence-corrected chi connectivity index (χ0v) is 15.8. The van der Waals surface area contributed by atoms with Gasteiger partial charge in [-0.3, -0.25) is 4.79 Å². The average Bonchev–Trinajstić information content (AvgIpc) is 2.71. The van der Waals surface area contributed by atoms with E-state index in [1.807, 2.05) is 42.5 Å². The summed E-state index contributed by atoms with van der Waals surface area (Å²) in [6.45, 7) is 2.34. The van der Waals surface area contributed by atoms with Crippen molar-refractivity contribution in [1.82, 2.24) is 4.57 Å². The van der Waals surface area contributed by atoms with E-state index < -0.39 is 11.1 Å². The van der Waals surface area contributed by atoms with Gasteiger partial charge in [0.15, 0.2) is 5.75 Å². The summed E-state index contributed by atoms with van der Waals surface area (Å²) in [6, 6.07) is 18.2. The Morgan fingerprint density at radius 1 is 1.03 bits per heavy atom. The Balaban J connectivity index is 1.60. The summed E-state index contributed by atoms with van der Waals surface area (Å²) >= 11 is 0. The number of aryl methyl sites for hydroxylation is 1. The number of rotatable bonds is 5. The molecule has 2 aromatic heterocycles. The maximum atomic E-state index is 12.4. The minimum atomic E-state index is -0.477. The third-order valence-corrected chi connectivity index (χ3v) is 4.69. The fourth-order valence-electron chi connectivity index (χ4n) is 3.09. The molecule has 6 nitrogen and oxygen atoms in total. The van der Waals surface area contributed by atoms with E-state index in [0.29, 0.717) is 29.2 Å². The molecule has 0 saturated carbocycles. The molecule has 146 valence electrons. The van der Waals surface area contributed by atoms with Crippen molar-refractivity contribution in [1.29, 1.82) is 0 Å². The standard InChI is InChI=1S/C23H19NO5/c1-15-9-20(25)21(26)13-24(15)12-18-10-17-7-8-19(11-22(17)29-23(18)27)28-14-16-5-3-2-4-6-16/h2-11,13,26H,12,14H2,1H3. The molecule has 2 heterocycles. The van der Waals surface area contributed by atoms with Crippen molar-refractivity contribution in [2.75, 3.05) is 0 Å². The average molecular weight is 389 g/mol. The molecule has 0 saturated heterocycles. The summed E-state index contributed by atoms with van der Waals surface area (Å²) in [5.41, 5.74) is 1.61. The van der Waals surface area contributed by atoms with Crippen molar-refractivity contribution in [2.45, 2.75) is 20.1 Å². The molecule has 0 spiro atoms. The number of pyridine rings is 1. The zero-order valence-electron chi connectivity index (χ0n) is 15.8. The molecule has 0 atom stereocenters. The van der Waals surface area contributed by atoms with Crippen LogP contribution in [-0.4, -0.2) is 9.67 Å². The number of fused-ring (bicyclic) bond motifs is 1. The number of nitrogens with zero attached hydrogens (tertiary/aromatic N) is 1. The second kappa shape index (κ2) is 7.67. The lowest BCUT2D eigenvalue weighted by Gasteiger charge is -2.11. The molecule has 2 aromatic carbocycles. The van der Waals surface area contributed by atoms with Gasteiger partial charge in [0, 0.05) is 23.2 Å². The first-order valence-electron chi connectivity index (χ1n) is 9.13. The first-order valence-corrected chi connectivity index (χ1v) is 9.13. The second-order valence-corrected chi connectivity index (χ2v) is 6.83. The van der Waals surface area contributed by atoms with Gasteiger partial charge in [-0.25, -0.2) is 4.79 Å². The lowest BCUT2D eigenvalue weighted by Crippen LogP contribution is -2.15. The molecule has 0 amide bonds. The second-order valence-electron chi connectivity index (χ2n) is 6.83. The molecule has 4 aromatic rings. The van der Waals surface area contributed by atoms with Gasteiger partial charge >= 0.3 is 5.63 Å². The van der Waals surface area contributed by atoms with Crippen molar-refractivity contribution < 1.29 is 14.3 Å². The number of benzene rings is 2. The van der Waals surface area contributed by atoms with Crippen LogP contribution in [-0.2, 0) is 13.2 Å². The Labute approximate surface area is 166 Å². The molecule has 0 radical (unpaired) electrons. The van der Waals surface area contributed by atoms with Gasteiger partial charge in [-0.05, 0) is 30.7 Å². The van der Waals surface area contributed by atoms with Gasteiger partial charge in [-0.2, -0.15) is 0 Å². The van der Waals surface area contributed by atoms with Crippen molar-refractivity contribution in [3.05, 3.63) is 104 Å². The molecule has 0 aliphatic heterocycles. The summed E-state index contributed by atoms with van der Waals surface area (Å²) in [5, 5.41) is 10.4. The predicted molar refractivity (Wildman–Crippen MR) is 109 cm³/mol. The van der Waals surface area contributed by atoms with E-state index in [9.17, 15) is 14.7 Å². The van der Waals surface area contributed by atoms with Gasteiger partial charge in [-0.1, -0.05) is 30.3 Å². The van der Waals surface area contributed by atoms with E-state index in [4.69, 9.17) is 9.15 Å². The van der Waals surface area contributed by atoms with E-state index in [1.54, 1.807) is 23.6 Å². The maximum Gasteiger partial charge on any atom is 0.341 e. The van der Waals surface area contributed by atoms with Crippen molar-refractivity contribution in [3.8, 4) is 11.5 Å². The van der Waals surface area contributed by atoms with E-state index in [-0.39, 0.29) is 12.3 Å². The zero-order chi connectivity index (χ0) is 20.4. The summed E-state index contributed by atoms with van der Waals surface area (Å²) in [7, 11) is 0. The lowest BCUT2D eigenvalue weighted by molar-refractivity contribution is 0.306. The molecular weight excluding hydrogens is 370 g/mol. The molecule has 0 aliphatic carbocycles. The highest BCUT2D eigenvalue weighted by atomic mass is 16.5. The number of aromatic hydroxyl groups is 1. The van der Waals surface area contributed by atoms with Crippen LogP contribution in [0.5, 0.6) is 11.5 Å². The van der Waals surface area contributed by atoms with Crippen molar-refractivity contribution in [2.24, 2.45) is 0 Å². The Morgan fingerprint density at radius 3 is 2.62 bits per heavy atom. The first kappa shape index (κ1) is 18.6. The Bertz CT molecular complexity index is 1290. The first-order chi connectivity index (χ1) is 14.0. The van der Waals surface area contributed by atoms with Gasteiger partial charge in [0.05, 0.1) is 18.3 Å². The van der Waals surface area contributed by atoms with Gasteiger partial charge in [-0.15, -0.1) is 0 Å². The lowest BCUT2D eigenvalue weighted by atomic mass is 10.1. The summed E-state index contributed by atoms with van der Waals surface area (Å²) < 4.78 is 12.9. The highest BCUT2D eigenvalue weighted by molar-refractivity contribution is 5.78. The minimum absolute atomic E-state index is 0.185. The van der Waals surface area contributed by atoms with Crippen LogP contribution in [0.15, 0.2) is 80.9 Å². The summed E-state index contributed by atoms with van der Waals surface area (Å²) in [5.74, 6) is 0.249. The highest BCUT2D eigenvalue weighted by Gasteiger charge is 2.10. The molecular formula is C23H19NO5. The molecule has 6 heteroatoms. The van der Waals surface area contributed by atoms with Gasteiger partial charge < -0.3 is 18.8 Å². The maximum absolute atomic E-state index is 12.4. The van der Waals surface area contributed by atoms with Crippen LogP contribution in [0.1, 0.15) is 16.8 Å². The smallest absolute Gasteiger partial charge is 0.341 e. The fourth-order valence-corrected chi connectivity index (χ4v) is 3.09. The van der Waals surface area contributed by atoms with E-state index in [2.05, 4.69) is 0 Å². The number of hydrogen-bond acceptors (Lipinski definition) is 5. The van der Waals surface area contributed by atoms with Gasteiger partial charge in [0.25, 0.3) is 0 Å². The summed E-state index contributed by atoms with van der Waals surface area (Å²) in [6.07, 6.45) is 1.32. The molecule has 0 aliphatic rings. The van der Waals surface area contributed by atoms with Crippen molar-refractivity contribution in [3.63, 3.8) is 0 Å². The fraction of sp³-hybridized carbons (Fsp3) is 0.130. The molecule has 4 rings (SSSR count). The third-order valence-electron chi connectivity index (χ3n) is 4.69. The number of ether oxygens (including phenoxy) is 1. The van der Waals surface area contributed by atoms with Crippen LogP contribution in [0.4, 0.5) is 0 Å². The normalized spacial score (nSPS) is 10.9. The monoisotopic (exact) mass is 389 g/mol. The third kappa shape index (κ3) is 4.06. The van der Waals surface area contributed by atoms with Crippen LogP contribution in [0, 0.1) is 6.92 Å². The Kier molecular flexibility index (Phi) is 4.91.